The molecule has 212 valence electrons. The van der Waals surface area contributed by atoms with Crippen LogP contribution in [-0.2, 0) is 20.7 Å². The van der Waals surface area contributed by atoms with Gasteiger partial charge in [-0.2, -0.15) is 0 Å². The molecule has 0 heterocycles. The lowest BCUT2D eigenvalue weighted by molar-refractivity contribution is -0.144. The Kier molecular flexibility index (Phi) is 9.47. The van der Waals surface area contributed by atoms with E-state index in [1.165, 1.54) is 18.2 Å². The van der Waals surface area contributed by atoms with Crippen LogP contribution in [0.1, 0.15) is 33.2 Å². The minimum Gasteiger partial charge on any atom is -0.457 e. The fourth-order valence-electron chi connectivity index (χ4n) is 3.79. The van der Waals surface area contributed by atoms with E-state index in [-0.39, 0.29) is 18.1 Å². The van der Waals surface area contributed by atoms with E-state index in [0.29, 0.717) is 34.8 Å². The number of hydrogen-bond donors (Lipinski definition) is 0. The molecule has 0 aromatic heterocycles. The molecule has 0 unspecified atom stereocenters. The van der Waals surface area contributed by atoms with Crippen molar-refractivity contribution in [3.8, 4) is 23.0 Å². The third-order valence-corrected chi connectivity index (χ3v) is 5.94. The summed E-state index contributed by atoms with van der Waals surface area (Å²) in [7, 11) is 0. The molecule has 0 saturated carbocycles. The van der Waals surface area contributed by atoms with Gasteiger partial charge in [0.15, 0.2) is 0 Å². The predicted octanol–water partition coefficient (Wildman–Crippen LogP) is 6.00. The maximum absolute atomic E-state index is 12.9. The first kappa shape index (κ1) is 29.3. The minimum absolute atomic E-state index is 0.279. The van der Waals surface area contributed by atoms with Gasteiger partial charge in [-0.15, -0.1) is 0 Å². The zero-order valence-corrected chi connectivity index (χ0v) is 22.7. The molecule has 4 aromatic carbocycles. The van der Waals surface area contributed by atoms with Crippen molar-refractivity contribution in [2.75, 3.05) is 6.79 Å². The zero-order chi connectivity index (χ0) is 30.1. The van der Waals surface area contributed by atoms with E-state index < -0.39 is 23.9 Å². The second-order valence-electron chi connectivity index (χ2n) is 8.71. The number of aryl methyl sites for hydroxylation is 1. The Bertz CT molecular complexity index is 1670. The van der Waals surface area contributed by atoms with Crippen LogP contribution in [0.4, 0.5) is 0 Å². The van der Waals surface area contributed by atoms with Gasteiger partial charge in [0.05, 0.1) is 11.1 Å². The van der Waals surface area contributed by atoms with Crippen molar-refractivity contribution in [3.63, 3.8) is 0 Å². The number of carbonyl (C=O) groups is 4. The van der Waals surface area contributed by atoms with Crippen LogP contribution >= 0.6 is 0 Å². The van der Waals surface area contributed by atoms with Crippen molar-refractivity contribution in [2.45, 2.75) is 13.3 Å². The van der Waals surface area contributed by atoms with E-state index in [2.05, 4.69) is 13.2 Å². The number of carbonyl (C=O) groups excluding carboxylic acids is 4. The summed E-state index contributed by atoms with van der Waals surface area (Å²) in [5.74, 6) is -0.932. The highest BCUT2D eigenvalue weighted by Gasteiger charge is 2.15. The molecule has 0 fully saturated rings. The van der Waals surface area contributed by atoms with Crippen LogP contribution in [0.25, 0.3) is 10.8 Å². The van der Waals surface area contributed by atoms with Crippen LogP contribution in [-0.4, -0.2) is 30.7 Å². The van der Waals surface area contributed by atoms with Gasteiger partial charge in [0.2, 0.25) is 6.79 Å². The van der Waals surface area contributed by atoms with Gasteiger partial charge in [0.25, 0.3) is 0 Å². The second kappa shape index (κ2) is 13.6. The highest BCUT2D eigenvalue weighted by molar-refractivity contribution is 5.97. The lowest BCUT2D eigenvalue weighted by Gasteiger charge is -2.12. The van der Waals surface area contributed by atoms with Gasteiger partial charge in [0.1, 0.15) is 23.0 Å². The van der Waals surface area contributed by atoms with E-state index in [1.807, 2.05) is 6.92 Å². The largest absolute Gasteiger partial charge is 0.457 e. The molecule has 0 spiro atoms. The third kappa shape index (κ3) is 7.48. The summed E-state index contributed by atoms with van der Waals surface area (Å²) in [6.45, 7) is 8.27. The Morgan fingerprint density at radius 3 is 1.95 bits per heavy atom. The standard InChI is InChI=1S/C33H26O9/c1-4-21-18-28(41-32(36)22-9-12-26(13-10-22)38-20-39-30(34)5-2)15-16-29(21)42-33(37)25-8-7-24-19-27(40-31(35)6-3)14-11-23(24)17-25/h5-19H,2-4,20H2,1H3. The van der Waals surface area contributed by atoms with Crippen molar-refractivity contribution < 1.29 is 42.9 Å². The van der Waals surface area contributed by atoms with Crippen LogP contribution in [0.5, 0.6) is 23.0 Å². The Balaban J connectivity index is 1.39. The van der Waals surface area contributed by atoms with Gasteiger partial charge in [-0.3, -0.25) is 0 Å². The molecule has 4 aromatic rings. The quantitative estimate of drug-likeness (QED) is 0.0933. The third-order valence-electron chi connectivity index (χ3n) is 5.94. The van der Waals surface area contributed by atoms with Gasteiger partial charge in [-0.25, -0.2) is 19.2 Å². The molecule has 9 heteroatoms. The van der Waals surface area contributed by atoms with Gasteiger partial charge in [-0.1, -0.05) is 32.2 Å². The average Bonchev–Trinajstić information content (AvgIpc) is 3.01. The van der Waals surface area contributed by atoms with Crippen molar-refractivity contribution in [1.82, 2.24) is 0 Å². The predicted molar refractivity (Wildman–Crippen MR) is 154 cm³/mol. The van der Waals surface area contributed by atoms with Crippen LogP contribution in [0.3, 0.4) is 0 Å². The summed E-state index contributed by atoms with van der Waals surface area (Å²) in [5, 5.41) is 1.54. The van der Waals surface area contributed by atoms with Crippen molar-refractivity contribution in [2.24, 2.45) is 0 Å². The van der Waals surface area contributed by atoms with E-state index in [1.54, 1.807) is 60.7 Å². The van der Waals surface area contributed by atoms with E-state index in [9.17, 15) is 19.2 Å². The van der Waals surface area contributed by atoms with E-state index in [0.717, 1.165) is 22.9 Å². The molecule has 4 rings (SSSR count). The highest BCUT2D eigenvalue weighted by atomic mass is 16.7. The average molecular weight is 567 g/mol. The maximum Gasteiger partial charge on any atom is 0.343 e. The highest BCUT2D eigenvalue weighted by Crippen LogP contribution is 2.28. The van der Waals surface area contributed by atoms with Crippen molar-refractivity contribution in [3.05, 3.63) is 121 Å². The molecule has 0 aliphatic carbocycles. The van der Waals surface area contributed by atoms with Gasteiger partial charge in [-0.05, 0) is 89.5 Å². The molecule has 0 amide bonds. The number of esters is 4. The first-order valence-electron chi connectivity index (χ1n) is 12.8. The van der Waals surface area contributed by atoms with Crippen LogP contribution in [0.2, 0.25) is 0 Å². The van der Waals surface area contributed by atoms with Crippen molar-refractivity contribution >= 4 is 34.6 Å². The monoisotopic (exact) mass is 566 g/mol. The fraction of sp³-hybridized carbons (Fsp3) is 0.0909. The molecule has 42 heavy (non-hydrogen) atoms. The maximum atomic E-state index is 12.9. The minimum atomic E-state index is -0.610. The summed E-state index contributed by atoms with van der Waals surface area (Å²) in [6, 6.07) is 21.0. The molecule has 0 saturated heterocycles. The first-order chi connectivity index (χ1) is 20.3. The summed E-state index contributed by atoms with van der Waals surface area (Å²) < 4.78 is 26.3. The van der Waals surface area contributed by atoms with Crippen LogP contribution < -0.4 is 18.9 Å². The van der Waals surface area contributed by atoms with E-state index in [4.69, 9.17) is 23.7 Å². The number of benzene rings is 4. The normalized spacial score (nSPS) is 10.3. The van der Waals surface area contributed by atoms with Crippen LogP contribution in [0.15, 0.2) is 104 Å². The summed E-state index contributed by atoms with van der Waals surface area (Å²) in [6.07, 6.45) is 2.62. The molecule has 0 bridgehead atoms. The smallest absolute Gasteiger partial charge is 0.343 e. The Morgan fingerprint density at radius 1 is 0.643 bits per heavy atom. The molecule has 0 N–H and O–H groups in total. The molecule has 0 aliphatic rings. The SMILES string of the molecule is C=CC(=O)OCOc1ccc(C(=O)Oc2ccc(OC(=O)c3ccc4cc(OC(=O)C=C)ccc4c3)c(CC)c2)cc1. The second-order valence-corrected chi connectivity index (χ2v) is 8.71. The number of ether oxygens (including phenoxy) is 5. The first-order valence-corrected chi connectivity index (χ1v) is 12.8. The van der Waals surface area contributed by atoms with Gasteiger partial charge in [0, 0.05) is 12.2 Å². The number of rotatable bonds is 11. The summed E-state index contributed by atoms with van der Waals surface area (Å²) >= 11 is 0. The molecule has 0 radical (unpaired) electrons. The molecular weight excluding hydrogens is 540 g/mol. The molecule has 0 atom stereocenters. The topological polar surface area (TPSA) is 114 Å². The van der Waals surface area contributed by atoms with E-state index >= 15 is 0 Å². The number of hydrogen-bond acceptors (Lipinski definition) is 9. The van der Waals surface area contributed by atoms with Crippen LogP contribution in [0, 0.1) is 0 Å². The zero-order valence-electron chi connectivity index (χ0n) is 22.7. The fourth-order valence-corrected chi connectivity index (χ4v) is 3.79. The Labute approximate surface area is 241 Å². The number of fused-ring (bicyclic) bond motifs is 1. The summed E-state index contributed by atoms with van der Waals surface area (Å²) in [5.41, 5.74) is 1.28. The Hall–Kier alpha value is -5.70. The Morgan fingerprint density at radius 2 is 1.24 bits per heavy atom. The van der Waals surface area contributed by atoms with Gasteiger partial charge < -0.3 is 23.7 Å². The molecule has 9 nitrogen and oxygen atoms in total. The molecule has 0 aliphatic heterocycles. The summed E-state index contributed by atoms with van der Waals surface area (Å²) in [4.78, 5) is 48.1. The van der Waals surface area contributed by atoms with Gasteiger partial charge >= 0.3 is 23.9 Å². The lowest BCUT2D eigenvalue weighted by Crippen LogP contribution is -2.11. The lowest BCUT2D eigenvalue weighted by atomic mass is 10.1. The van der Waals surface area contributed by atoms with Crippen molar-refractivity contribution in [1.29, 1.82) is 0 Å². The molecular formula is C33H26O9.